The zero-order valence-electron chi connectivity index (χ0n) is 7.04. The molecule has 0 unspecified atom stereocenters. The smallest absolute Gasteiger partial charge is 0.288 e. The molecule has 4 heteroatoms. The van der Waals surface area contributed by atoms with Gasteiger partial charge in [-0.15, -0.1) is 0 Å². The minimum absolute atomic E-state index is 0.530. The number of hydrogen-bond acceptors (Lipinski definition) is 1. The Labute approximate surface area is 73.8 Å². The second-order valence-electron chi connectivity index (χ2n) is 2.87. The van der Waals surface area contributed by atoms with Gasteiger partial charge in [0.25, 0.3) is 0 Å². The molecule has 0 N–H and O–H groups in total. The van der Waals surface area contributed by atoms with Crippen LogP contribution in [0.5, 0.6) is 0 Å². The number of alkyl halides is 2. The summed E-state index contributed by atoms with van der Waals surface area (Å²) >= 11 is 0. The molecule has 0 radical (unpaired) electrons. The average molecular weight is 182 g/mol. The minimum atomic E-state index is -2.49. The van der Waals surface area contributed by atoms with Crippen molar-refractivity contribution in [3.8, 4) is 0 Å². The van der Waals surface area contributed by atoms with Gasteiger partial charge in [-0.05, 0) is 19.1 Å². The number of rotatable bonds is 1. The molecule has 0 bridgehead atoms. The SMILES string of the molecule is Cc1cc2cnccc2n1C(F)F. The zero-order valence-corrected chi connectivity index (χ0v) is 7.04. The molecule has 0 amide bonds. The summed E-state index contributed by atoms with van der Waals surface area (Å²) in [5.41, 5.74) is 1.08. The quantitative estimate of drug-likeness (QED) is 0.663. The van der Waals surface area contributed by atoms with E-state index in [1.165, 1.54) is 6.20 Å². The Hall–Kier alpha value is -1.45. The summed E-state index contributed by atoms with van der Waals surface area (Å²) < 4.78 is 26.1. The Kier molecular flexibility index (Phi) is 1.76. The number of fused-ring (bicyclic) bond motifs is 1. The van der Waals surface area contributed by atoms with Crippen LogP contribution in [0.25, 0.3) is 10.9 Å². The summed E-state index contributed by atoms with van der Waals surface area (Å²) in [6, 6.07) is 3.29. The fourth-order valence-corrected chi connectivity index (χ4v) is 1.47. The Morgan fingerprint density at radius 3 is 2.92 bits per heavy atom. The Morgan fingerprint density at radius 2 is 2.23 bits per heavy atom. The third kappa shape index (κ3) is 1.18. The fourth-order valence-electron chi connectivity index (χ4n) is 1.47. The minimum Gasteiger partial charge on any atom is -0.288 e. The highest BCUT2D eigenvalue weighted by atomic mass is 19.3. The topological polar surface area (TPSA) is 17.8 Å². The molecule has 0 fully saturated rings. The maximum absolute atomic E-state index is 12.5. The molecule has 0 aliphatic rings. The molecule has 0 aliphatic heterocycles. The summed E-state index contributed by atoms with van der Waals surface area (Å²) in [6.07, 6.45) is 3.10. The highest BCUT2D eigenvalue weighted by Crippen LogP contribution is 2.24. The lowest BCUT2D eigenvalue weighted by atomic mass is 10.3. The predicted molar refractivity (Wildman–Crippen MR) is 45.7 cm³/mol. The number of aromatic nitrogens is 2. The lowest BCUT2D eigenvalue weighted by molar-refractivity contribution is 0.0732. The van der Waals surface area contributed by atoms with Gasteiger partial charge in [-0.1, -0.05) is 0 Å². The van der Waals surface area contributed by atoms with Crippen molar-refractivity contribution < 1.29 is 8.78 Å². The van der Waals surface area contributed by atoms with Gasteiger partial charge in [0.1, 0.15) is 0 Å². The van der Waals surface area contributed by atoms with E-state index in [1.807, 2.05) is 0 Å². The fraction of sp³-hybridized carbons (Fsp3) is 0.222. The molecule has 68 valence electrons. The largest absolute Gasteiger partial charge is 0.319 e. The molecule has 2 aromatic rings. The molecule has 0 saturated carbocycles. The van der Waals surface area contributed by atoms with Crippen LogP contribution >= 0.6 is 0 Å². The molecule has 2 heterocycles. The van der Waals surface area contributed by atoms with Gasteiger partial charge in [-0.25, -0.2) is 0 Å². The van der Waals surface area contributed by atoms with Crippen molar-refractivity contribution in [3.63, 3.8) is 0 Å². The molecule has 0 atom stereocenters. The number of hydrogen-bond donors (Lipinski definition) is 0. The van der Waals surface area contributed by atoms with E-state index >= 15 is 0 Å². The van der Waals surface area contributed by atoms with Gasteiger partial charge in [0.05, 0.1) is 5.52 Å². The summed E-state index contributed by atoms with van der Waals surface area (Å²) in [4.78, 5) is 3.87. The number of pyridine rings is 1. The van der Waals surface area contributed by atoms with Crippen molar-refractivity contribution in [1.29, 1.82) is 0 Å². The van der Waals surface area contributed by atoms with E-state index in [1.54, 1.807) is 25.3 Å². The summed E-state index contributed by atoms with van der Waals surface area (Å²) in [5.74, 6) is 0. The zero-order chi connectivity index (χ0) is 9.42. The van der Waals surface area contributed by atoms with Crippen molar-refractivity contribution >= 4 is 10.9 Å². The predicted octanol–water partition coefficient (Wildman–Crippen LogP) is 2.74. The average Bonchev–Trinajstić information content (AvgIpc) is 2.39. The highest BCUT2D eigenvalue weighted by Gasteiger charge is 2.12. The van der Waals surface area contributed by atoms with Crippen molar-refractivity contribution in [2.24, 2.45) is 0 Å². The van der Waals surface area contributed by atoms with Crippen LogP contribution in [0.4, 0.5) is 8.78 Å². The van der Waals surface area contributed by atoms with Crippen LogP contribution in [0, 0.1) is 6.92 Å². The van der Waals surface area contributed by atoms with Crippen LogP contribution in [0.15, 0.2) is 24.5 Å². The number of aryl methyl sites for hydroxylation is 1. The Bertz CT molecular complexity index is 434. The van der Waals surface area contributed by atoms with Gasteiger partial charge >= 0.3 is 6.55 Å². The summed E-state index contributed by atoms with van der Waals surface area (Å²) in [5, 5.41) is 0.750. The van der Waals surface area contributed by atoms with Crippen LogP contribution in [-0.4, -0.2) is 9.55 Å². The van der Waals surface area contributed by atoms with Gasteiger partial charge in [-0.2, -0.15) is 8.78 Å². The molecule has 0 saturated heterocycles. The van der Waals surface area contributed by atoms with Crippen LogP contribution in [0.1, 0.15) is 12.2 Å². The second kappa shape index (κ2) is 2.80. The van der Waals surface area contributed by atoms with E-state index in [0.29, 0.717) is 11.2 Å². The highest BCUT2D eigenvalue weighted by molar-refractivity contribution is 5.80. The van der Waals surface area contributed by atoms with Gasteiger partial charge in [0, 0.05) is 23.5 Å². The molecule has 0 aliphatic carbocycles. The van der Waals surface area contributed by atoms with Gasteiger partial charge in [0.2, 0.25) is 0 Å². The normalized spacial score (nSPS) is 11.4. The van der Waals surface area contributed by atoms with Crippen molar-refractivity contribution in [2.75, 3.05) is 0 Å². The first-order chi connectivity index (χ1) is 6.20. The lowest BCUT2D eigenvalue weighted by Gasteiger charge is -2.04. The van der Waals surface area contributed by atoms with E-state index in [-0.39, 0.29) is 0 Å². The standard InChI is InChI=1S/C9H8F2N2/c1-6-4-7-5-12-3-2-8(7)13(6)9(10)11/h2-5,9H,1H3. The molecule has 13 heavy (non-hydrogen) atoms. The lowest BCUT2D eigenvalue weighted by Crippen LogP contribution is -1.99. The summed E-state index contributed by atoms with van der Waals surface area (Å²) in [7, 11) is 0. The Balaban J connectivity index is 2.78. The third-order valence-corrected chi connectivity index (χ3v) is 2.03. The van der Waals surface area contributed by atoms with E-state index < -0.39 is 6.55 Å². The van der Waals surface area contributed by atoms with Crippen LogP contribution < -0.4 is 0 Å². The van der Waals surface area contributed by atoms with Crippen LogP contribution in [-0.2, 0) is 0 Å². The van der Waals surface area contributed by atoms with Crippen LogP contribution in [0.3, 0.4) is 0 Å². The van der Waals surface area contributed by atoms with Crippen LogP contribution in [0.2, 0.25) is 0 Å². The maximum atomic E-state index is 12.5. The number of halogens is 2. The molecule has 2 aromatic heterocycles. The van der Waals surface area contributed by atoms with Crippen molar-refractivity contribution in [1.82, 2.24) is 9.55 Å². The van der Waals surface area contributed by atoms with Gasteiger partial charge in [0.15, 0.2) is 0 Å². The first-order valence-corrected chi connectivity index (χ1v) is 3.90. The van der Waals surface area contributed by atoms with E-state index in [4.69, 9.17) is 0 Å². The molecule has 2 rings (SSSR count). The monoisotopic (exact) mass is 182 g/mol. The number of nitrogens with zero attached hydrogens (tertiary/aromatic N) is 2. The third-order valence-electron chi connectivity index (χ3n) is 2.03. The maximum Gasteiger partial charge on any atom is 0.319 e. The molecule has 0 aromatic carbocycles. The van der Waals surface area contributed by atoms with Crippen molar-refractivity contribution in [3.05, 3.63) is 30.2 Å². The Morgan fingerprint density at radius 1 is 1.46 bits per heavy atom. The first kappa shape index (κ1) is 8.16. The van der Waals surface area contributed by atoms with E-state index in [2.05, 4.69) is 4.98 Å². The second-order valence-corrected chi connectivity index (χ2v) is 2.87. The van der Waals surface area contributed by atoms with E-state index in [0.717, 1.165) is 9.95 Å². The molecule has 0 spiro atoms. The van der Waals surface area contributed by atoms with Gasteiger partial charge < -0.3 is 0 Å². The molecular weight excluding hydrogens is 174 g/mol. The molecule has 2 nitrogen and oxygen atoms in total. The van der Waals surface area contributed by atoms with E-state index in [9.17, 15) is 8.78 Å². The van der Waals surface area contributed by atoms with Gasteiger partial charge in [-0.3, -0.25) is 9.55 Å². The van der Waals surface area contributed by atoms with Crippen molar-refractivity contribution in [2.45, 2.75) is 13.5 Å². The molecular formula is C9H8F2N2. The first-order valence-electron chi connectivity index (χ1n) is 3.90. The summed E-state index contributed by atoms with van der Waals surface area (Å²) in [6.45, 7) is -0.827.